The van der Waals surface area contributed by atoms with Crippen molar-refractivity contribution in [2.24, 2.45) is 11.3 Å². The Hall–Kier alpha value is -2.98. The molecule has 0 aromatic heterocycles. The summed E-state index contributed by atoms with van der Waals surface area (Å²) in [6, 6.07) is 0. The Labute approximate surface area is 209 Å². The topological polar surface area (TPSA) is 146 Å². The lowest BCUT2D eigenvalue weighted by molar-refractivity contribution is -0.235. The van der Waals surface area contributed by atoms with Gasteiger partial charge in [0.25, 0.3) is 0 Å². The lowest BCUT2D eigenvalue weighted by atomic mass is 9.62. The van der Waals surface area contributed by atoms with Gasteiger partial charge in [0.2, 0.25) is 0 Å². The zero-order chi connectivity index (χ0) is 26.7. The van der Waals surface area contributed by atoms with E-state index in [0.29, 0.717) is 18.4 Å². The summed E-state index contributed by atoms with van der Waals surface area (Å²) in [6.45, 7) is 3.71. The third-order valence-corrected chi connectivity index (χ3v) is 7.58. The van der Waals surface area contributed by atoms with Crippen molar-refractivity contribution in [2.45, 2.75) is 70.2 Å². The number of aliphatic hydroxyl groups excluding tert-OH is 2. The van der Waals surface area contributed by atoms with Crippen molar-refractivity contribution in [3.8, 4) is 0 Å². The summed E-state index contributed by atoms with van der Waals surface area (Å²) in [4.78, 5) is 50.2. The van der Waals surface area contributed by atoms with E-state index in [1.54, 1.807) is 25.2 Å². The average Bonchev–Trinajstić information content (AvgIpc) is 2.98. The van der Waals surface area contributed by atoms with E-state index in [0.717, 1.165) is 0 Å². The smallest absolute Gasteiger partial charge is 0.333 e. The molecule has 1 heterocycles. The Morgan fingerprint density at radius 3 is 2.64 bits per heavy atom. The fraction of sp³-hybridized carbons (Fsp3) is 0.615. The molecule has 1 unspecified atom stereocenters. The number of cyclic esters (lactones) is 1. The van der Waals surface area contributed by atoms with E-state index < -0.39 is 53.2 Å². The second-order valence-electron chi connectivity index (χ2n) is 9.80. The third-order valence-electron chi connectivity index (χ3n) is 7.58. The number of carbonyl (C=O) groups excluding carboxylic acids is 4. The van der Waals surface area contributed by atoms with Gasteiger partial charge >= 0.3 is 23.9 Å². The van der Waals surface area contributed by atoms with E-state index in [4.69, 9.17) is 24.1 Å². The molecule has 0 aromatic rings. The molecule has 10 heteroatoms. The number of methoxy groups -OCH3 is 1. The lowest BCUT2D eigenvalue weighted by Crippen LogP contribution is -2.65. The molecule has 0 aromatic carbocycles. The molecule has 0 amide bonds. The Kier molecular flexibility index (Phi) is 8.10. The Balaban J connectivity index is 1.91. The van der Waals surface area contributed by atoms with Gasteiger partial charge in [0, 0.05) is 24.0 Å². The maximum Gasteiger partial charge on any atom is 0.333 e. The molecule has 1 aliphatic heterocycles. The van der Waals surface area contributed by atoms with E-state index in [2.05, 4.69) is 0 Å². The standard InChI is InChI=1S/C26H34O10/c1-16(21(30)34-15-19(29)14-27)6-5-10-24(3)20-9-12-25(23(32)36-24)11-7-18(22(31)33-4)8-13-26(20,25)35-17(2)28/h5-7,10,19-20,27,29H,8-9,11-15H2,1-4H3/b10-5+,16-6+/t19?,20-,24+,25+,26-/m0/s1. The highest BCUT2D eigenvalue weighted by Gasteiger charge is 2.74. The molecule has 5 atom stereocenters. The van der Waals surface area contributed by atoms with Gasteiger partial charge in [0.1, 0.15) is 29.3 Å². The van der Waals surface area contributed by atoms with Gasteiger partial charge in [-0.2, -0.15) is 0 Å². The fourth-order valence-corrected chi connectivity index (χ4v) is 5.79. The van der Waals surface area contributed by atoms with Gasteiger partial charge in [0.05, 0.1) is 13.7 Å². The maximum absolute atomic E-state index is 13.6. The Morgan fingerprint density at radius 2 is 2.00 bits per heavy atom. The van der Waals surface area contributed by atoms with E-state index in [1.165, 1.54) is 27.0 Å². The highest BCUT2D eigenvalue weighted by atomic mass is 16.6. The summed E-state index contributed by atoms with van der Waals surface area (Å²) >= 11 is 0. The second kappa shape index (κ2) is 10.6. The predicted octanol–water partition coefficient (Wildman–Crippen LogP) is 1.68. The van der Waals surface area contributed by atoms with Crippen LogP contribution in [0.4, 0.5) is 0 Å². The first-order chi connectivity index (χ1) is 16.9. The SMILES string of the molecule is COC(=O)C1=CC[C@@]23CC[C@@H]([C@@](C)(/C=C/C=C(\C)C(=O)OCC(O)CO)OC2=O)[C@@]3(OC(C)=O)CC1. The highest BCUT2D eigenvalue weighted by molar-refractivity contribution is 5.90. The van der Waals surface area contributed by atoms with Gasteiger partial charge in [-0.15, -0.1) is 0 Å². The molecule has 3 rings (SSSR count). The molecule has 2 bridgehead atoms. The Morgan fingerprint density at radius 1 is 1.28 bits per heavy atom. The van der Waals surface area contributed by atoms with Gasteiger partial charge in [0.15, 0.2) is 0 Å². The second-order valence-corrected chi connectivity index (χ2v) is 9.80. The van der Waals surface area contributed by atoms with Crippen LogP contribution in [-0.2, 0) is 38.1 Å². The molecule has 2 aliphatic carbocycles. The largest absolute Gasteiger partial charge is 0.466 e. The van der Waals surface area contributed by atoms with Crippen LogP contribution in [0.1, 0.15) is 52.9 Å². The highest BCUT2D eigenvalue weighted by Crippen LogP contribution is 2.65. The summed E-state index contributed by atoms with van der Waals surface area (Å²) in [5.74, 6) is -2.54. The minimum absolute atomic E-state index is 0.199. The van der Waals surface area contributed by atoms with Crippen LogP contribution in [0.15, 0.2) is 35.5 Å². The summed E-state index contributed by atoms with van der Waals surface area (Å²) in [6.07, 6.45) is 7.02. The summed E-state index contributed by atoms with van der Waals surface area (Å²) in [5.41, 5.74) is -2.74. The van der Waals surface area contributed by atoms with E-state index in [-0.39, 0.29) is 37.4 Å². The van der Waals surface area contributed by atoms with Gasteiger partial charge in [-0.25, -0.2) is 9.59 Å². The zero-order valence-corrected chi connectivity index (χ0v) is 21.1. The number of rotatable bonds is 8. The molecular weight excluding hydrogens is 472 g/mol. The average molecular weight is 507 g/mol. The Bertz CT molecular complexity index is 1010. The first-order valence-corrected chi connectivity index (χ1v) is 12.0. The third kappa shape index (κ3) is 4.84. The fourth-order valence-electron chi connectivity index (χ4n) is 5.79. The van der Waals surface area contributed by atoms with E-state index in [1.807, 2.05) is 0 Å². The van der Waals surface area contributed by atoms with Gasteiger partial charge in [-0.05, 0) is 52.0 Å². The minimum Gasteiger partial charge on any atom is -0.466 e. The first-order valence-electron chi connectivity index (χ1n) is 12.0. The van der Waals surface area contributed by atoms with Crippen molar-refractivity contribution in [3.05, 3.63) is 35.5 Å². The van der Waals surface area contributed by atoms with Crippen LogP contribution in [0.5, 0.6) is 0 Å². The molecule has 0 radical (unpaired) electrons. The molecule has 10 nitrogen and oxygen atoms in total. The number of allylic oxidation sites excluding steroid dienone is 3. The molecule has 36 heavy (non-hydrogen) atoms. The molecule has 2 fully saturated rings. The summed E-state index contributed by atoms with van der Waals surface area (Å²) in [5, 5.41) is 18.2. The van der Waals surface area contributed by atoms with E-state index in [9.17, 15) is 24.3 Å². The van der Waals surface area contributed by atoms with Gasteiger partial charge in [-0.1, -0.05) is 18.2 Å². The van der Waals surface area contributed by atoms with Crippen LogP contribution < -0.4 is 0 Å². The van der Waals surface area contributed by atoms with Crippen LogP contribution in [0.2, 0.25) is 0 Å². The number of aliphatic hydroxyl groups is 2. The molecule has 2 N–H and O–H groups in total. The van der Waals surface area contributed by atoms with Crippen LogP contribution >= 0.6 is 0 Å². The van der Waals surface area contributed by atoms with Crippen LogP contribution in [-0.4, -0.2) is 71.7 Å². The van der Waals surface area contributed by atoms with Crippen molar-refractivity contribution >= 4 is 23.9 Å². The van der Waals surface area contributed by atoms with Crippen molar-refractivity contribution in [1.82, 2.24) is 0 Å². The van der Waals surface area contributed by atoms with Gasteiger partial charge in [-0.3, -0.25) is 9.59 Å². The minimum atomic E-state index is -1.17. The molecule has 3 aliphatic rings. The summed E-state index contributed by atoms with van der Waals surface area (Å²) in [7, 11) is 1.30. The van der Waals surface area contributed by atoms with Gasteiger partial charge < -0.3 is 29.2 Å². The molecule has 198 valence electrons. The lowest BCUT2D eigenvalue weighted by Gasteiger charge is -2.54. The quantitative estimate of drug-likeness (QED) is 0.216. The first kappa shape index (κ1) is 27.6. The zero-order valence-electron chi connectivity index (χ0n) is 21.1. The predicted molar refractivity (Wildman–Crippen MR) is 125 cm³/mol. The monoisotopic (exact) mass is 506 g/mol. The van der Waals surface area contributed by atoms with Crippen LogP contribution in [0.25, 0.3) is 0 Å². The van der Waals surface area contributed by atoms with E-state index >= 15 is 0 Å². The number of esters is 4. The number of hydrogen-bond donors (Lipinski definition) is 2. The van der Waals surface area contributed by atoms with Crippen molar-refractivity contribution in [1.29, 1.82) is 0 Å². The normalized spacial score (nSPS) is 32.6. The number of carbonyl (C=O) groups is 4. The maximum atomic E-state index is 13.6. The number of ether oxygens (including phenoxy) is 4. The van der Waals surface area contributed by atoms with Crippen molar-refractivity contribution in [2.75, 3.05) is 20.3 Å². The number of hydrogen-bond acceptors (Lipinski definition) is 10. The van der Waals surface area contributed by atoms with Crippen molar-refractivity contribution in [3.63, 3.8) is 0 Å². The van der Waals surface area contributed by atoms with Crippen molar-refractivity contribution < 1.29 is 48.3 Å². The molecular formula is C26H34O10. The molecule has 1 saturated carbocycles. The molecule has 1 saturated heterocycles. The van der Waals surface area contributed by atoms with Crippen LogP contribution in [0, 0.1) is 11.3 Å². The summed E-state index contributed by atoms with van der Waals surface area (Å²) < 4.78 is 21.8. The molecule has 0 spiro atoms. The van der Waals surface area contributed by atoms with Crippen LogP contribution in [0.3, 0.4) is 0 Å².